The summed E-state index contributed by atoms with van der Waals surface area (Å²) in [6.45, 7) is 3.97. The summed E-state index contributed by atoms with van der Waals surface area (Å²) in [6, 6.07) is 13.8. The lowest BCUT2D eigenvalue weighted by atomic mass is 9.97. The summed E-state index contributed by atoms with van der Waals surface area (Å²) in [4.78, 5) is 27.8. The molecule has 1 fully saturated rings. The first kappa shape index (κ1) is 29.3. The molecule has 11 nitrogen and oxygen atoms in total. The number of likely N-dealkylation sites (tertiary alicyclic amines) is 1. The highest BCUT2D eigenvalue weighted by atomic mass is 32.2. The van der Waals surface area contributed by atoms with Gasteiger partial charge in [0.05, 0.1) is 17.8 Å². The average Bonchev–Trinajstić information content (AvgIpc) is 3.48. The molecular formula is C29H31FN6O5S. The van der Waals surface area contributed by atoms with Crippen molar-refractivity contribution in [2.75, 3.05) is 31.6 Å². The van der Waals surface area contributed by atoms with Gasteiger partial charge in [-0.25, -0.2) is 14.4 Å². The molecule has 2 aromatic carbocycles. The van der Waals surface area contributed by atoms with Gasteiger partial charge in [-0.1, -0.05) is 18.2 Å². The zero-order chi connectivity index (χ0) is 29.9. The number of primary amides is 1. The van der Waals surface area contributed by atoms with Gasteiger partial charge in [-0.05, 0) is 80.4 Å². The highest BCUT2D eigenvalue weighted by Crippen LogP contribution is 2.35. The van der Waals surface area contributed by atoms with Crippen LogP contribution in [-0.2, 0) is 16.7 Å². The number of ether oxygens (including phenoxy) is 1. The van der Waals surface area contributed by atoms with Crippen LogP contribution in [0.1, 0.15) is 46.5 Å². The molecule has 13 heteroatoms. The molecule has 0 saturated carbocycles. The Labute approximate surface area is 242 Å². The Morgan fingerprint density at radius 2 is 1.83 bits per heavy atom. The number of pyridine rings is 1. The molecule has 3 heterocycles. The van der Waals surface area contributed by atoms with Crippen LogP contribution in [0.2, 0.25) is 0 Å². The number of nitrogens with zero attached hydrogens (tertiary/aromatic N) is 4. The predicted octanol–water partition coefficient (Wildman–Crippen LogP) is 3.97. The third kappa shape index (κ3) is 6.64. The molecule has 4 N–H and O–H groups in total. The molecule has 0 spiro atoms. The van der Waals surface area contributed by atoms with Crippen LogP contribution in [-0.4, -0.2) is 65.0 Å². The van der Waals surface area contributed by atoms with E-state index in [0.717, 1.165) is 31.5 Å². The van der Waals surface area contributed by atoms with Gasteiger partial charge < -0.3 is 20.7 Å². The number of anilines is 1. The van der Waals surface area contributed by atoms with E-state index in [0.29, 0.717) is 35.4 Å². The number of halogens is 1. The topological polar surface area (TPSA) is 161 Å². The zero-order valence-electron chi connectivity index (χ0n) is 23.0. The van der Waals surface area contributed by atoms with Crippen LogP contribution in [0.4, 0.5) is 10.3 Å². The quantitative estimate of drug-likeness (QED) is 0.217. The van der Waals surface area contributed by atoms with Crippen molar-refractivity contribution in [3.05, 3.63) is 77.1 Å². The minimum Gasteiger partial charge on any atom is -0.476 e. The summed E-state index contributed by atoms with van der Waals surface area (Å²) < 4.78 is 54.6. The molecule has 42 heavy (non-hydrogen) atoms. The molecule has 1 amide bonds. The van der Waals surface area contributed by atoms with Gasteiger partial charge in [-0.15, -0.1) is 0 Å². The second kappa shape index (κ2) is 12.3. The average molecular weight is 595 g/mol. The van der Waals surface area contributed by atoms with E-state index in [1.807, 2.05) is 4.90 Å². The third-order valence-electron chi connectivity index (χ3n) is 7.10. The van der Waals surface area contributed by atoms with Crippen molar-refractivity contribution >= 4 is 33.0 Å². The smallest absolute Gasteiger partial charge is 0.273 e. The van der Waals surface area contributed by atoms with E-state index in [1.54, 1.807) is 31.2 Å². The number of nitrogens with one attached hydrogen (secondary N) is 1. The normalized spacial score (nSPS) is 14.6. The van der Waals surface area contributed by atoms with Crippen LogP contribution in [0.15, 0.2) is 54.6 Å². The molecule has 1 saturated heterocycles. The highest BCUT2D eigenvalue weighted by molar-refractivity contribution is 7.86. The number of hydrogen-bond acceptors (Lipinski definition) is 9. The number of carbonyl (C=O) groups excluding carboxylic acids is 1. The monoisotopic (exact) mass is 594 g/mol. The van der Waals surface area contributed by atoms with Crippen LogP contribution < -0.4 is 15.8 Å². The fourth-order valence-electron chi connectivity index (χ4n) is 5.00. The Bertz CT molecular complexity index is 1710. The van der Waals surface area contributed by atoms with Crippen molar-refractivity contribution < 1.29 is 26.9 Å². The summed E-state index contributed by atoms with van der Waals surface area (Å²) in [5, 5.41) is 1.84. The van der Waals surface area contributed by atoms with E-state index in [4.69, 9.17) is 15.5 Å². The molecule has 0 bridgehead atoms. The molecule has 4 aromatic rings. The zero-order valence-corrected chi connectivity index (χ0v) is 23.8. The van der Waals surface area contributed by atoms with E-state index >= 15 is 0 Å². The van der Waals surface area contributed by atoms with E-state index in [-0.39, 0.29) is 35.3 Å². The van der Waals surface area contributed by atoms with Crippen molar-refractivity contribution in [3.8, 4) is 17.1 Å². The first-order valence-electron chi connectivity index (χ1n) is 13.5. The number of fused-ring (bicyclic) bond motifs is 1. The van der Waals surface area contributed by atoms with Gasteiger partial charge in [-0.3, -0.25) is 9.35 Å². The summed E-state index contributed by atoms with van der Waals surface area (Å²) in [6.07, 6.45) is 1.89. The van der Waals surface area contributed by atoms with Gasteiger partial charge in [0, 0.05) is 24.2 Å². The van der Waals surface area contributed by atoms with Gasteiger partial charge in [0.15, 0.2) is 5.52 Å². The first-order valence-corrected chi connectivity index (χ1v) is 15.1. The number of hydrogen-bond donors (Lipinski definition) is 3. The highest BCUT2D eigenvalue weighted by Gasteiger charge is 2.32. The predicted molar refractivity (Wildman–Crippen MR) is 156 cm³/mol. The Morgan fingerprint density at radius 1 is 1.10 bits per heavy atom. The number of rotatable bonds is 11. The van der Waals surface area contributed by atoms with E-state index < -0.39 is 21.3 Å². The molecular weight excluding hydrogens is 563 g/mol. The second-order valence-electron chi connectivity index (χ2n) is 10.0. The molecule has 220 valence electrons. The fraction of sp³-hybridized carbons (Fsp3) is 0.310. The van der Waals surface area contributed by atoms with Crippen molar-refractivity contribution in [2.24, 2.45) is 5.73 Å². The largest absolute Gasteiger partial charge is 0.476 e. The number of aromatic nitrogens is 3. The van der Waals surface area contributed by atoms with Gasteiger partial charge in [0.25, 0.3) is 10.1 Å². The Morgan fingerprint density at radius 3 is 2.50 bits per heavy atom. The second-order valence-corrected chi connectivity index (χ2v) is 11.6. The summed E-state index contributed by atoms with van der Waals surface area (Å²) >= 11 is 0. The standard InChI is InChI=1S/C29H31FN6O5S/c1-2-41-28-26-24(34-29(35-28)32-16-18-5-8-20(30)9-6-18)12-11-23(33-26)22-15-19(27(31)37)7-10-21(22)25(42(38,39)40)17-36-13-3-4-14-36/h5-12,15,25H,2-4,13-14,16-17H2,1H3,(H2,31,37)(H,32,34,35)(H,38,39,40). The van der Waals surface area contributed by atoms with Gasteiger partial charge in [0.1, 0.15) is 11.1 Å². The van der Waals surface area contributed by atoms with Crippen LogP contribution in [0.3, 0.4) is 0 Å². The minimum absolute atomic E-state index is 0.0890. The Kier molecular flexibility index (Phi) is 8.61. The molecule has 0 radical (unpaired) electrons. The van der Waals surface area contributed by atoms with Gasteiger partial charge in [0.2, 0.25) is 17.7 Å². The van der Waals surface area contributed by atoms with Crippen molar-refractivity contribution in [1.82, 2.24) is 19.9 Å². The number of benzene rings is 2. The molecule has 1 aliphatic rings. The Hall–Kier alpha value is -4.20. The fourth-order valence-corrected chi connectivity index (χ4v) is 5.93. The lowest BCUT2D eigenvalue weighted by molar-refractivity contribution is 0.1000. The molecule has 0 aliphatic carbocycles. The molecule has 1 atom stereocenters. The van der Waals surface area contributed by atoms with Gasteiger partial charge >= 0.3 is 0 Å². The van der Waals surface area contributed by atoms with E-state index in [2.05, 4.69) is 15.3 Å². The lowest BCUT2D eigenvalue weighted by Gasteiger charge is -2.24. The number of carbonyl (C=O) groups is 1. The van der Waals surface area contributed by atoms with Gasteiger partial charge in [-0.2, -0.15) is 13.4 Å². The van der Waals surface area contributed by atoms with E-state index in [1.165, 1.54) is 30.3 Å². The third-order valence-corrected chi connectivity index (χ3v) is 8.22. The molecule has 5 rings (SSSR count). The van der Waals surface area contributed by atoms with Crippen LogP contribution >= 0.6 is 0 Å². The lowest BCUT2D eigenvalue weighted by Crippen LogP contribution is -2.30. The molecule has 1 unspecified atom stereocenters. The SMILES string of the molecule is CCOc1nc(NCc2ccc(F)cc2)nc2ccc(-c3cc(C(N)=O)ccc3C(CN3CCCC3)S(=O)(=O)O)nc12. The minimum atomic E-state index is -4.53. The number of nitrogens with two attached hydrogens (primary N) is 1. The van der Waals surface area contributed by atoms with Crippen molar-refractivity contribution in [2.45, 2.75) is 31.6 Å². The summed E-state index contributed by atoms with van der Waals surface area (Å²) in [5.74, 6) is -0.549. The molecule has 2 aromatic heterocycles. The van der Waals surface area contributed by atoms with Crippen LogP contribution in [0.5, 0.6) is 5.88 Å². The summed E-state index contributed by atoms with van der Waals surface area (Å²) in [5.41, 5.74) is 8.26. The van der Waals surface area contributed by atoms with Crippen LogP contribution in [0.25, 0.3) is 22.3 Å². The Balaban J connectivity index is 1.57. The summed E-state index contributed by atoms with van der Waals surface area (Å²) in [7, 11) is -4.53. The maximum Gasteiger partial charge on any atom is 0.273 e. The maximum atomic E-state index is 13.3. The number of amides is 1. The first-order chi connectivity index (χ1) is 20.1. The maximum absolute atomic E-state index is 13.3. The van der Waals surface area contributed by atoms with E-state index in [9.17, 15) is 22.2 Å². The van der Waals surface area contributed by atoms with Crippen LogP contribution in [0, 0.1) is 5.82 Å². The van der Waals surface area contributed by atoms with Crippen molar-refractivity contribution in [1.29, 1.82) is 0 Å². The van der Waals surface area contributed by atoms with Crippen molar-refractivity contribution in [3.63, 3.8) is 0 Å². The molecule has 1 aliphatic heterocycles.